The summed E-state index contributed by atoms with van der Waals surface area (Å²) in [5.74, 6) is 0.900. The van der Waals surface area contributed by atoms with Crippen LogP contribution in [-0.2, 0) is 0 Å². The van der Waals surface area contributed by atoms with Crippen LogP contribution < -0.4 is 11.0 Å². The Morgan fingerprint density at radius 1 is 1.13 bits per heavy atom. The second kappa shape index (κ2) is 8.83. The van der Waals surface area contributed by atoms with Gasteiger partial charge in [0.15, 0.2) is 0 Å². The lowest BCUT2D eigenvalue weighted by molar-refractivity contribution is 0.360. The Kier molecular flexibility index (Phi) is 6.14. The van der Waals surface area contributed by atoms with E-state index in [0.717, 1.165) is 18.8 Å². The van der Waals surface area contributed by atoms with Crippen molar-refractivity contribution in [2.24, 2.45) is 5.92 Å². The molecular weight excluding hydrogens is 417 g/mol. The SMILES string of the molecule is CC(C)n1c(Cl)c(-c2ccnc(N[C@H]3CC[C@H](C)CC3)n2)n(-c2ccc(F)cc2)c1=O. The van der Waals surface area contributed by atoms with Gasteiger partial charge in [-0.25, -0.2) is 19.2 Å². The maximum absolute atomic E-state index is 13.5. The second-order valence-corrected chi connectivity index (χ2v) is 8.92. The normalized spacial score (nSPS) is 19.0. The van der Waals surface area contributed by atoms with Crippen LogP contribution in [0, 0.1) is 11.7 Å². The van der Waals surface area contributed by atoms with Crippen LogP contribution in [0.1, 0.15) is 52.5 Å². The minimum Gasteiger partial charge on any atom is -0.351 e. The van der Waals surface area contributed by atoms with Crippen molar-refractivity contribution < 1.29 is 4.39 Å². The topological polar surface area (TPSA) is 64.7 Å². The van der Waals surface area contributed by atoms with Gasteiger partial charge in [-0.1, -0.05) is 18.5 Å². The molecule has 0 atom stereocenters. The lowest BCUT2D eigenvalue weighted by atomic mass is 9.87. The number of hydrogen-bond acceptors (Lipinski definition) is 4. The highest BCUT2D eigenvalue weighted by Crippen LogP contribution is 2.31. The van der Waals surface area contributed by atoms with Gasteiger partial charge in [0.1, 0.15) is 16.7 Å². The minimum atomic E-state index is -0.372. The number of benzene rings is 1. The number of imidazole rings is 1. The first kappa shape index (κ1) is 21.6. The van der Waals surface area contributed by atoms with Crippen molar-refractivity contribution in [3.63, 3.8) is 0 Å². The van der Waals surface area contributed by atoms with E-state index >= 15 is 0 Å². The first-order valence-electron chi connectivity index (χ1n) is 10.7. The molecule has 8 heteroatoms. The molecule has 0 unspecified atom stereocenters. The zero-order valence-electron chi connectivity index (χ0n) is 18.0. The van der Waals surface area contributed by atoms with E-state index in [4.69, 9.17) is 11.6 Å². The van der Waals surface area contributed by atoms with Crippen molar-refractivity contribution >= 4 is 17.5 Å². The van der Waals surface area contributed by atoms with E-state index in [0.29, 0.717) is 34.2 Å². The van der Waals surface area contributed by atoms with Gasteiger partial charge >= 0.3 is 5.69 Å². The Morgan fingerprint density at radius 3 is 2.45 bits per heavy atom. The number of halogens is 2. The molecule has 1 N–H and O–H groups in total. The zero-order valence-corrected chi connectivity index (χ0v) is 18.7. The summed E-state index contributed by atoms with van der Waals surface area (Å²) in [5.41, 5.74) is 1.23. The Morgan fingerprint density at radius 2 is 1.81 bits per heavy atom. The van der Waals surface area contributed by atoms with Crippen molar-refractivity contribution in [1.29, 1.82) is 0 Å². The monoisotopic (exact) mass is 443 g/mol. The van der Waals surface area contributed by atoms with E-state index in [-0.39, 0.29) is 17.5 Å². The molecule has 0 aliphatic heterocycles. The van der Waals surface area contributed by atoms with E-state index in [1.807, 2.05) is 13.8 Å². The number of nitrogens with one attached hydrogen (secondary N) is 1. The fourth-order valence-corrected chi connectivity index (χ4v) is 4.59. The van der Waals surface area contributed by atoms with Gasteiger partial charge in [0.05, 0.1) is 11.4 Å². The molecule has 2 heterocycles. The largest absolute Gasteiger partial charge is 0.351 e. The molecule has 0 saturated heterocycles. The quantitative estimate of drug-likeness (QED) is 0.568. The smallest absolute Gasteiger partial charge is 0.334 e. The molecule has 2 aromatic heterocycles. The molecule has 31 heavy (non-hydrogen) atoms. The van der Waals surface area contributed by atoms with Crippen molar-refractivity contribution in [2.45, 2.75) is 58.5 Å². The van der Waals surface area contributed by atoms with Gasteiger partial charge in [-0.15, -0.1) is 0 Å². The molecule has 6 nitrogen and oxygen atoms in total. The van der Waals surface area contributed by atoms with Crippen LogP contribution in [0.3, 0.4) is 0 Å². The summed E-state index contributed by atoms with van der Waals surface area (Å²) < 4.78 is 16.5. The third-order valence-corrected chi connectivity index (χ3v) is 6.24. The van der Waals surface area contributed by atoms with E-state index in [2.05, 4.69) is 22.2 Å². The highest BCUT2D eigenvalue weighted by Gasteiger charge is 2.24. The Labute approximate surface area is 186 Å². The third kappa shape index (κ3) is 4.37. The summed E-state index contributed by atoms with van der Waals surface area (Å²) in [6, 6.07) is 7.69. The molecule has 3 aromatic rings. The van der Waals surface area contributed by atoms with Crippen LogP contribution in [0.25, 0.3) is 17.1 Å². The molecular formula is C23H27ClFN5O. The highest BCUT2D eigenvalue weighted by atomic mass is 35.5. The van der Waals surface area contributed by atoms with Gasteiger partial charge in [0.25, 0.3) is 0 Å². The fraction of sp³-hybridized carbons (Fsp3) is 0.435. The van der Waals surface area contributed by atoms with E-state index < -0.39 is 0 Å². The lowest BCUT2D eigenvalue weighted by Gasteiger charge is -2.26. The second-order valence-electron chi connectivity index (χ2n) is 8.56. The Hall–Kier alpha value is -2.67. The van der Waals surface area contributed by atoms with Crippen LogP contribution in [0.5, 0.6) is 0 Å². The average Bonchev–Trinajstić information content (AvgIpc) is 3.01. The van der Waals surface area contributed by atoms with Gasteiger partial charge in [-0.05, 0) is 75.8 Å². The molecule has 1 aromatic carbocycles. The molecule has 0 spiro atoms. The number of aromatic nitrogens is 4. The first-order valence-corrected chi connectivity index (χ1v) is 11.1. The molecule has 4 rings (SSSR count). The number of nitrogens with zero attached hydrogens (tertiary/aromatic N) is 4. The molecule has 0 radical (unpaired) electrons. The summed E-state index contributed by atoms with van der Waals surface area (Å²) in [6.07, 6.45) is 6.20. The van der Waals surface area contributed by atoms with Gasteiger partial charge in [-0.3, -0.25) is 9.13 Å². The van der Waals surface area contributed by atoms with Crippen LogP contribution >= 0.6 is 11.6 Å². The molecule has 1 fully saturated rings. The predicted octanol–water partition coefficient (Wildman–Crippen LogP) is 5.46. The third-order valence-electron chi connectivity index (χ3n) is 5.88. The summed E-state index contributed by atoms with van der Waals surface area (Å²) >= 11 is 6.69. The van der Waals surface area contributed by atoms with E-state index in [9.17, 15) is 9.18 Å². The van der Waals surface area contributed by atoms with Crippen molar-refractivity contribution in [1.82, 2.24) is 19.1 Å². The molecule has 1 aliphatic rings. The maximum atomic E-state index is 13.5. The molecule has 0 bridgehead atoms. The Bertz CT molecular complexity index is 1110. The van der Waals surface area contributed by atoms with Crippen LogP contribution in [0.15, 0.2) is 41.3 Å². The molecule has 1 aliphatic carbocycles. The van der Waals surface area contributed by atoms with Crippen LogP contribution in [0.2, 0.25) is 5.15 Å². The van der Waals surface area contributed by atoms with Gasteiger partial charge < -0.3 is 5.32 Å². The Balaban J connectivity index is 1.78. The highest BCUT2D eigenvalue weighted by molar-refractivity contribution is 6.32. The number of hydrogen-bond donors (Lipinski definition) is 1. The van der Waals surface area contributed by atoms with Crippen LogP contribution in [-0.4, -0.2) is 25.1 Å². The standard InChI is InChI=1S/C23H27ClFN5O/c1-14(2)29-21(24)20(30(23(29)31)18-10-6-16(25)7-11-18)19-12-13-26-22(28-19)27-17-8-4-15(3)5-9-17/h6-7,10-15,17H,4-5,8-9H2,1-3H3,(H,26,27,28)/t15-,17-. The fourth-order valence-electron chi connectivity index (χ4n) is 4.14. The number of rotatable bonds is 5. The number of anilines is 1. The van der Waals surface area contributed by atoms with Gasteiger partial charge in [-0.2, -0.15) is 0 Å². The summed E-state index contributed by atoms with van der Waals surface area (Å²) in [7, 11) is 0. The summed E-state index contributed by atoms with van der Waals surface area (Å²) in [4.78, 5) is 22.3. The predicted molar refractivity (Wildman–Crippen MR) is 121 cm³/mol. The van der Waals surface area contributed by atoms with Crippen molar-refractivity contribution in [3.05, 3.63) is 58.0 Å². The van der Waals surface area contributed by atoms with Crippen LogP contribution in [0.4, 0.5) is 10.3 Å². The summed E-state index contributed by atoms with van der Waals surface area (Å²) in [6.45, 7) is 6.07. The van der Waals surface area contributed by atoms with E-state index in [1.54, 1.807) is 24.4 Å². The molecule has 0 amide bonds. The van der Waals surface area contributed by atoms with Gasteiger partial charge in [0.2, 0.25) is 5.95 Å². The summed E-state index contributed by atoms with van der Waals surface area (Å²) in [5, 5.41) is 3.72. The van der Waals surface area contributed by atoms with E-state index in [1.165, 1.54) is 34.1 Å². The lowest BCUT2D eigenvalue weighted by Crippen LogP contribution is -2.26. The van der Waals surface area contributed by atoms with Gasteiger partial charge in [0, 0.05) is 18.3 Å². The maximum Gasteiger partial charge on any atom is 0.334 e. The first-order chi connectivity index (χ1) is 14.8. The molecule has 1 saturated carbocycles. The zero-order chi connectivity index (χ0) is 22.1. The molecule has 164 valence electrons. The van der Waals surface area contributed by atoms with Crippen molar-refractivity contribution in [3.8, 4) is 17.1 Å². The van der Waals surface area contributed by atoms with Crippen molar-refractivity contribution in [2.75, 3.05) is 5.32 Å². The average molecular weight is 444 g/mol. The minimum absolute atomic E-state index is 0.149.